The lowest BCUT2D eigenvalue weighted by atomic mass is 9.91. The fourth-order valence-corrected chi connectivity index (χ4v) is 5.60. The van der Waals surface area contributed by atoms with Crippen molar-refractivity contribution in [2.45, 2.75) is 69.2 Å². The third kappa shape index (κ3) is 3.33. The molecule has 32 heavy (non-hydrogen) atoms. The molecule has 4 atom stereocenters. The molecule has 8 heteroatoms. The Hall–Kier alpha value is -3.00. The van der Waals surface area contributed by atoms with Gasteiger partial charge in [0, 0.05) is 6.04 Å². The minimum atomic E-state index is -0.585. The van der Waals surface area contributed by atoms with E-state index < -0.39 is 6.10 Å². The number of nitrogens with one attached hydrogen (secondary N) is 1. The van der Waals surface area contributed by atoms with Gasteiger partial charge in [0.1, 0.15) is 11.8 Å². The molecule has 2 aliphatic carbocycles. The normalized spacial score (nSPS) is 28.2. The summed E-state index contributed by atoms with van der Waals surface area (Å²) in [5.41, 5.74) is 3.47. The number of aromatic nitrogens is 4. The Balaban J connectivity index is 1.34. The number of anilines is 1. The number of aliphatic hydroxyl groups is 1. The van der Waals surface area contributed by atoms with Gasteiger partial charge in [-0.1, -0.05) is 61.2 Å². The Morgan fingerprint density at radius 2 is 1.81 bits per heavy atom. The molecule has 166 valence electrons. The smallest absolute Gasteiger partial charge is 0.165 e. The maximum Gasteiger partial charge on any atom is 0.165 e. The van der Waals surface area contributed by atoms with Crippen molar-refractivity contribution in [3.63, 3.8) is 0 Å². The Kier molecular flexibility index (Phi) is 5.02. The van der Waals surface area contributed by atoms with Crippen LogP contribution in [0.2, 0.25) is 0 Å². The summed E-state index contributed by atoms with van der Waals surface area (Å²) in [5, 5.41) is 18.7. The lowest BCUT2D eigenvalue weighted by Crippen LogP contribution is -2.29. The second-order valence-electron chi connectivity index (χ2n) is 9.19. The molecule has 3 aliphatic rings. The van der Waals surface area contributed by atoms with Gasteiger partial charge in [0.05, 0.1) is 30.1 Å². The molecule has 0 amide bonds. The highest BCUT2D eigenvalue weighted by atomic mass is 16.7. The average molecular weight is 433 g/mol. The van der Waals surface area contributed by atoms with E-state index in [9.17, 15) is 5.11 Å². The van der Waals surface area contributed by atoms with Crippen molar-refractivity contribution in [3.8, 4) is 0 Å². The zero-order valence-electron chi connectivity index (χ0n) is 18.0. The van der Waals surface area contributed by atoms with E-state index in [1.54, 1.807) is 6.33 Å². The van der Waals surface area contributed by atoms with Gasteiger partial charge in [-0.05, 0) is 24.8 Å². The first kappa shape index (κ1) is 19.7. The third-order valence-electron chi connectivity index (χ3n) is 7.20. The van der Waals surface area contributed by atoms with Crippen LogP contribution < -0.4 is 5.32 Å². The monoisotopic (exact) mass is 432 g/mol. The zero-order valence-corrected chi connectivity index (χ0v) is 18.0. The van der Waals surface area contributed by atoms with E-state index in [4.69, 9.17) is 9.82 Å². The molecule has 0 bridgehead atoms. The fourth-order valence-electron chi connectivity index (χ4n) is 5.60. The summed E-state index contributed by atoms with van der Waals surface area (Å²) in [6.45, 7) is 0. The molecule has 1 aliphatic heterocycles. The second-order valence-corrected chi connectivity index (χ2v) is 9.19. The van der Waals surface area contributed by atoms with Crippen molar-refractivity contribution in [2.24, 2.45) is 11.1 Å². The van der Waals surface area contributed by atoms with E-state index in [0.29, 0.717) is 12.5 Å². The number of fused-ring (bicyclic) bond motifs is 2. The van der Waals surface area contributed by atoms with Crippen molar-refractivity contribution >= 4 is 22.7 Å². The molecule has 2 N–H and O–H groups in total. The first-order valence-corrected chi connectivity index (χ1v) is 11.7. The molecule has 0 unspecified atom stereocenters. The fraction of sp³-hybridized carbons (Fsp3) is 0.500. The summed E-state index contributed by atoms with van der Waals surface area (Å²) in [7, 11) is 0. The summed E-state index contributed by atoms with van der Waals surface area (Å²) in [6, 6.07) is 10.4. The van der Waals surface area contributed by atoms with Crippen LogP contribution in [0.15, 0.2) is 48.1 Å². The van der Waals surface area contributed by atoms with Gasteiger partial charge in [-0.3, -0.25) is 0 Å². The molecule has 0 saturated heterocycles. The van der Waals surface area contributed by atoms with Gasteiger partial charge in [-0.2, -0.15) is 0 Å². The zero-order chi connectivity index (χ0) is 21.5. The molecule has 0 spiro atoms. The first-order chi connectivity index (χ1) is 15.8. The molecule has 2 fully saturated rings. The number of oxime groups is 1. The Morgan fingerprint density at radius 1 is 1.00 bits per heavy atom. The van der Waals surface area contributed by atoms with E-state index in [1.807, 2.05) is 36.7 Å². The average Bonchev–Trinajstić information content (AvgIpc) is 3.46. The number of nitrogens with zero attached hydrogens (tertiary/aromatic N) is 5. The number of aliphatic hydroxyl groups excluding tert-OH is 1. The minimum absolute atomic E-state index is 0.0397. The Morgan fingerprint density at radius 3 is 2.62 bits per heavy atom. The lowest BCUT2D eigenvalue weighted by Gasteiger charge is -2.20. The van der Waals surface area contributed by atoms with Crippen LogP contribution in [0.3, 0.4) is 0 Å². The molecule has 0 radical (unpaired) electrons. The highest BCUT2D eigenvalue weighted by molar-refractivity contribution is 6.03. The van der Waals surface area contributed by atoms with Crippen LogP contribution in [-0.2, 0) is 4.84 Å². The van der Waals surface area contributed by atoms with Gasteiger partial charge in [0.25, 0.3) is 0 Å². The number of benzene rings is 1. The van der Waals surface area contributed by atoms with Crippen LogP contribution in [0.1, 0.15) is 56.6 Å². The molecular weight excluding hydrogens is 404 g/mol. The van der Waals surface area contributed by atoms with Crippen LogP contribution in [0.5, 0.6) is 0 Å². The summed E-state index contributed by atoms with van der Waals surface area (Å²) in [4.78, 5) is 19.5. The summed E-state index contributed by atoms with van der Waals surface area (Å²) in [5.74, 6) is 0.744. The highest BCUT2D eigenvalue weighted by Crippen LogP contribution is 2.44. The lowest BCUT2D eigenvalue weighted by molar-refractivity contribution is -0.0104. The minimum Gasteiger partial charge on any atom is -0.389 e. The topological polar surface area (TPSA) is 97.5 Å². The number of imidazole rings is 1. The molecule has 2 aromatic heterocycles. The quantitative estimate of drug-likeness (QED) is 0.611. The van der Waals surface area contributed by atoms with Crippen LogP contribution >= 0.6 is 0 Å². The molecule has 3 heterocycles. The van der Waals surface area contributed by atoms with Crippen molar-refractivity contribution < 1.29 is 9.94 Å². The molecular formula is C24H28N6O2. The third-order valence-corrected chi connectivity index (χ3v) is 7.20. The first-order valence-electron chi connectivity index (χ1n) is 11.7. The van der Waals surface area contributed by atoms with Crippen molar-refractivity contribution in [1.29, 1.82) is 0 Å². The van der Waals surface area contributed by atoms with Crippen LogP contribution in [0.4, 0.5) is 5.82 Å². The molecule has 3 aromatic rings. The van der Waals surface area contributed by atoms with Gasteiger partial charge in [-0.25, -0.2) is 15.0 Å². The predicted molar refractivity (Wildman–Crippen MR) is 121 cm³/mol. The Labute approximate surface area is 186 Å². The maximum absolute atomic E-state index is 10.7. The highest BCUT2D eigenvalue weighted by Gasteiger charge is 2.52. The van der Waals surface area contributed by atoms with Crippen molar-refractivity contribution in [3.05, 3.63) is 48.5 Å². The van der Waals surface area contributed by atoms with Crippen LogP contribution in [-0.4, -0.2) is 48.6 Å². The second kappa shape index (κ2) is 8.16. The van der Waals surface area contributed by atoms with Gasteiger partial charge in [0.15, 0.2) is 17.6 Å². The SMILES string of the molecule is O[C@H]1C[C@@H](n2cnc3c(NC4CCCCCC4)ncnc32)[C@@H]2C(c3ccccc3)=NO[C@@H]21. The molecule has 2 saturated carbocycles. The predicted octanol–water partition coefficient (Wildman–Crippen LogP) is 3.69. The van der Waals surface area contributed by atoms with Gasteiger partial charge in [-0.15, -0.1) is 0 Å². The van der Waals surface area contributed by atoms with Crippen molar-refractivity contribution in [1.82, 2.24) is 19.5 Å². The Bertz CT molecular complexity index is 1120. The van der Waals surface area contributed by atoms with Gasteiger partial charge in [0.2, 0.25) is 0 Å². The maximum atomic E-state index is 10.7. The van der Waals surface area contributed by atoms with Gasteiger partial charge >= 0.3 is 0 Å². The van der Waals surface area contributed by atoms with Crippen LogP contribution in [0, 0.1) is 5.92 Å². The number of hydrogen-bond donors (Lipinski definition) is 2. The largest absolute Gasteiger partial charge is 0.389 e. The van der Waals surface area contributed by atoms with E-state index in [0.717, 1.165) is 28.3 Å². The van der Waals surface area contributed by atoms with Crippen LogP contribution in [0.25, 0.3) is 11.2 Å². The number of rotatable bonds is 4. The summed E-state index contributed by atoms with van der Waals surface area (Å²) in [6.07, 6.45) is 10.5. The standard InChI is InChI=1S/C24H28N6O2/c31-18-12-17(19-20(29-32-22(18)19)15-8-4-3-5-9-15)30-14-27-21-23(25-13-26-24(21)30)28-16-10-6-1-2-7-11-16/h3-5,8-9,13-14,16-19,22,31H,1-2,6-7,10-12H2,(H,25,26,28)/t17-,18+,19-,22-/m1/s1. The summed E-state index contributed by atoms with van der Waals surface area (Å²) >= 11 is 0. The summed E-state index contributed by atoms with van der Waals surface area (Å²) < 4.78 is 2.08. The van der Waals surface area contributed by atoms with E-state index in [2.05, 4.69) is 25.0 Å². The van der Waals surface area contributed by atoms with Crippen molar-refractivity contribution in [2.75, 3.05) is 5.32 Å². The van der Waals surface area contributed by atoms with E-state index in [1.165, 1.54) is 38.5 Å². The molecule has 1 aromatic carbocycles. The van der Waals surface area contributed by atoms with Gasteiger partial charge < -0.3 is 19.8 Å². The molecule has 6 rings (SSSR count). The van der Waals surface area contributed by atoms with E-state index >= 15 is 0 Å². The molecule has 8 nitrogen and oxygen atoms in total. The van der Waals surface area contributed by atoms with E-state index in [-0.39, 0.29) is 18.1 Å². The number of hydrogen-bond acceptors (Lipinski definition) is 7.